The largest absolute Gasteiger partial charge is 0.454 e. The number of carbonyl (C=O) groups excluding carboxylic acids is 2. The van der Waals surface area contributed by atoms with E-state index in [0.717, 1.165) is 17.3 Å². The van der Waals surface area contributed by atoms with Gasteiger partial charge in [-0.05, 0) is 29.2 Å². The van der Waals surface area contributed by atoms with Crippen LogP contribution in [0, 0.1) is 5.92 Å². The minimum Gasteiger partial charge on any atom is -0.454 e. The van der Waals surface area contributed by atoms with Crippen molar-refractivity contribution in [3.63, 3.8) is 0 Å². The molecule has 9 nitrogen and oxygen atoms in total. The summed E-state index contributed by atoms with van der Waals surface area (Å²) in [5.41, 5.74) is 7.62. The van der Waals surface area contributed by atoms with Gasteiger partial charge in [0.25, 0.3) is 5.91 Å². The summed E-state index contributed by atoms with van der Waals surface area (Å²) in [6.45, 7) is 1.98. The number of hydrogen-bond donors (Lipinski definition) is 2. The quantitative estimate of drug-likeness (QED) is 0.392. The molecule has 1 aromatic heterocycles. The molecule has 3 N–H and O–H groups in total. The molecule has 2 heterocycles. The first-order chi connectivity index (χ1) is 18.9. The van der Waals surface area contributed by atoms with Gasteiger partial charge in [0.1, 0.15) is 11.6 Å². The highest BCUT2D eigenvalue weighted by molar-refractivity contribution is 6.30. The number of alkyl halides is 3. The number of nitrogens with zero attached hydrogens (tertiary/aromatic N) is 4. The number of amides is 2. The van der Waals surface area contributed by atoms with Gasteiger partial charge in [0.05, 0.1) is 12.3 Å². The molecular formula is C27H26ClF3N6O3. The molecule has 4 rings (SSSR count). The van der Waals surface area contributed by atoms with Gasteiger partial charge in [0.15, 0.2) is 12.4 Å². The van der Waals surface area contributed by atoms with Gasteiger partial charge < -0.3 is 15.8 Å². The van der Waals surface area contributed by atoms with Crippen molar-refractivity contribution >= 4 is 34.9 Å². The summed E-state index contributed by atoms with van der Waals surface area (Å²) >= 11 is 6.08. The predicted molar refractivity (Wildman–Crippen MR) is 143 cm³/mol. The van der Waals surface area contributed by atoms with E-state index < -0.39 is 36.6 Å². The van der Waals surface area contributed by atoms with Crippen molar-refractivity contribution in [3.05, 3.63) is 82.5 Å². The number of carbonyl (C=O) groups is 2. The van der Waals surface area contributed by atoms with Gasteiger partial charge >= 0.3 is 12.2 Å². The Balaban J connectivity index is 1.78. The third kappa shape index (κ3) is 6.87. The van der Waals surface area contributed by atoms with Crippen molar-refractivity contribution in [2.75, 3.05) is 18.2 Å². The number of hydrogen-bond acceptors (Lipinski definition) is 7. The van der Waals surface area contributed by atoms with E-state index in [9.17, 15) is 22.8 Å². The molecule has 0 aliphatic carbocycles. The zero-order valence-corrected chi connectivity index (χ0v) is 22.3. The fourth-order valence-electron chi connectivity index (χ4n) is 4.18. The van der Waals surface area contributed by atoms with Crippen LogP contribution in [-0.2, 0) is 4.79 Å². The first-order valence-corrected chi connectivity index (χ1v) is 12.6. The van der Waals surface area contributed by atoms with E-state index in [0.29, 0.717) is 10.7 Å². The standard InChI is InChI=1S/C27H26ClF3N6O3/c1-15(2)21(23(32)38)34-25(39)19-12-33-26(40-14-27(29,30)31)35-24(19)37-13-20(16-6-4-3-5-7-16)22(36-37)17-8-10-18(28)11-9-17/h3-12,15,20-21H,13-14H2,1-2H3,(H2,32,38)(H,34,39)/t20-,21?/m1/s1. The number of rotatable bonds is 9. The second-order valence-electron chi connectivity index (χ2n) is 9.43. The molecule has 40 heavy (non-hydrogen) atoms. The Hall–Kier alpha value is -4.19. The minimum absolute atomic E-state index is 0.0958. The van der Waals surface area contributed by atoms with Gasteiger partial charge in [-0.15, -0.1) is 0 Å². The highest BCUT2D eigenvalue weighted by atomic mass is 35.5. The maximum absolute atomic E-state index is 13.3. The van der Waals surface area contributed by atoms with Crippen LogP contribution in [0.4, 0.5) is 19.0 Å². The van der Waals surface area contributed by atoms with Crippen LogP contribution in [0.25, 0.3) is 0 Å². The fraction of sp³-hybridized carbons (Fsp3) is 0.296. The van der Waals surface area contributed by atoms with E-state index >= 15 is 0 Å². The molecule has 3 aromatic rings. The van der Waals surface area contributed by atoms with Crippen molar-refractivity contribution in [3.8, 4) is 6.01 Å². The lowest BCUT2D eigenvalue weighted by Crippen LogP contribution is -2.48. The molecular weight excluding hydrogens is 549 g/mol. The van der Waals surface area contributed by atoms with Crippen LogP contribution < -0.4 is 20.8 Å². The number of halogens is 4. The summed E-state index contributed by atoms with van der Waals surface area (Å²) in [7, 11) is 0. The van der Waals surface area contributed by atoms with Gasteiger partial charge in [-0.3, -0.25) is 9.59 Å². The molecule has 2 aromatic carbocycles. The topological polar surface area (TPSA) is 123 Å². The van der Waals surface area contributed by atoms with Gasteiger partial charge in [-0.1, -0.05) is 67.9 Å². The van der Waals surface area contributed by atoms with Crippen molar-refractivity contribution in [1.82, 2.24) is 15.3 Å². The predicted octanol–water partition coefficient (Wildman–Crippen LogP) is 4.32. The smallest absolute Gasteiger partial charge is 0.422 e. The molecule has 0 saturated carbocycles. The molecule has 210 valence electrons. The second kappa shape index (κ2) is 11.9. The number of hydrazone groups is 1. The molecule has 0 bridgehead atoms. The van der Waals surface area contributed by atoms with Crippen LogP contribution in [-0.4, -0.2) is 52.9 Å². The van der Waals surface area contributed by atoms with Gasteiger partial charge in [0.2, 0.25) is 5.91 Å². The van der Waals surface area contributed by atoms with Gasteiger partial charge in [-0.25, -0.2) is 9.99 Å². The van der Waals surface area contributed by atoms with Crippen LogP contribution in [0.1, 0.15) is 41.3 Å². The first-order valence-electron chi connectivity index (χ1n) is 12.3. The molecule has 0 radical (unpaired) electrons. The zero-order chi connectivity index (χ0) is 29.0. The Kier molecular flexibility index (Phi) is 8.58. The van der Waals surface area contributed by atoms with Crippen molar-refractivity contribution in [2.45, 2.75) is 32.0 Å². The monoisotopic (exact) mass is 574 g/mol. The van der Waals surface area contributed by atoms with E-state index in [1.807, 2.05) is 30.3 Å². The molecule has 0 fully saturated rings. The number of benzene rings is 2. The molecule has 1 aliphatic heterocycles. The van der Waals surface area contributed by atoms with E-state index in [1.54, 1.807) is 38.1 Å². The average molecular weight is 575 g/mol. The summed E-state index contributed by atoms with van der Waals surface area (Å²) in [6, 6.07) is 14.9. The summed E-state index contributed by atoms with van der Waals surface area (Å²) in [5, 5.41) is 9.23. The maximum atomic E-state index is 13.3. The first kappa shape index (κ1) is 28.8. The lowest BCUT2D eigenvalue weighted by atomic mass is 9.90. The van der Waals surface area contributed by atoms with Gasteiger partial charge in [0, 0.05) is 17.1 Å². The molecule has 13 heteroatoms. The Morgan fingerprint density at radius 3 is 2.42 bits per heavy atom. The highest BCUT2D eigenvalue weighted by Crippen LogP contribution is 2.33. The third-order valence-corrected chi connectivity index (χ3v) is 6.37. The van der Waals surface area contributed by atoms with Crippen molar-refractivity contribution in [2.24, 2.45) is 16.8 Å². The molecule has 0 spiro atoms. The van der Waals surface area contributed by atoms with Crippen molar-refractivity contribution < 1.29 is 27.5 Å². The number of aromatic nitrogens is 2. The van der Waals surface area contributed by atoms with E-state index in [1.165, 1.54) is 5.01 Å². The van der Waals surface area contributed by atoms with Crippen molar-refractivity contribution in [1.29, 1.82) is 0 Å². The normalized spacial score (nSPS) is 16.0. The Morgan fingerprint density at radius 2 is 1.82 bits per heavy atom. The lowest BCUT2D eigenvalue weighted by Gasteiger charge is -2.22. The fourth-order valence-corrected chi connectivity index (χ4v) is 4.30. The summed E-state index contributed by atoms with van der Waals surface area (Å²) in [6.07, 6.45) is -3.59. The number of nitrogens with one attached hydrogen (secondary N) is 1. The van der Waals surface area contributed by atoms with E-state index in [2.05, 4.69) is 15.3 Å². The van der Waals surface area contributed by atoms with E-state index in [4.69, 9.17) is 27.2 Å². The zero-order valence-electron chi connectivity index (χ0n) is 21.5. The number of ether oxygens (including phenoxy) is 1. The SMILES string of the molecule is CC(C)C(NC(=O)c1cnc(OCC(F)(F)F)nc1N1C[C@H](c2ccccc2)C(c2ccc(Cl)cc2)=N1)C(N)=O. The second-order valence-corrected chi connectivity index (χ2v) is 9.87. The summed E-state index contributed by atoms with van der Waals surface area (Å²) < 4.78 is 43.2. The molecule has 2 atom stereocenters. The van der Waals surface area contributed by atoms with Gasteiger partial charge in [-0.2, -0.15) is 23.3 Å². The summed E-state index contributed by atoms with van der Waals surface area (Å²) in [5.74, 6) is -2.21. The third-order valence-electron chi connectivity index (χ3n) is 6.12. The molecule has 0 saturated heterocycles. The van der Waals surface area contributed by atoms with Crippen LogP contribution >= 0.6 is 11.6 Å². The Morgan fingerprint density at radius 1 is 1.15 bits per heavy atom. The van der Waals surface area contributed by atoms with Crippen LogP contribution in [0.15, 0.2) is 65.9 Å². The number of anilines is 1. The lowest BCUT2D eigenvalue weighted by molar-refractivity contribution is -0.154. The molecule has 2 amide bonds. The Bertz CT molecular complexity index is 1400. The highest BCUT2D eigenvalue weighted by Gasteiger charge is 2.35. The van der Waals surface area contributed by atoms with Crippen LogP contribution in [0.3, 0.4) is 0 Å². The van der Waals surface area contributed by atoms with Crippen LogP contribution in [0.2, 0.25) is 5.02 Å². The number of primary amides is 1. The number of nitrogens with two attached hydrogens (primary N) is 1. The average Bonchev–Trinajstić information content (AvgIpc) is 3.36. The van der Waals surface area contributed by atoms with E-state index in [-0.39, 0.29) is 29.8 Å². The maximum Gasteiger partial charge on any atom is 0.422 e. The Labute approximate surface area is 233 Å². The minimum atomic E-state index is -4.63. The molecule has 1 unspecified atom stereocenters. The molecule has 1 aliphatic rings. The summed E-state index contributed by atoms with van der Waals surface area (Å²) in [4.78, 5) is 33.1. The van der Waals surface area contributed by atoms with Crippen LogP contribution in [0.5, 0.6) is 6.01 Å².